The first-order chi connectivity index (χ1) is 11.1. The Morgan fingerprint density at radius 1 is 1.17 bits per heavy atom. The molecule has 3 rings (SSSR count). The Hall–Kier alpha value is -1.95. The molecule has 0 atom stereocenters. The zero-order valence-electron chi connectivity index (χ0n) is 11.6. The van der Waals surface area contributed by atoms with E-state index in [-0.39, 0.29) is 5.82 Å². The van der Waals surface area contributed by atoms with Crippen LogP contribution in [-0.2, 0) is 0 Å². The van der Waals surface area contributed by atoms with Gasteiger partial charge in [0, 0.05) is 16.0 Å². The molecule has 0 saturated carbocycles. The SMILES string of the molecule is Fc1cccc(/C=N\Nc2nc(-c3ccc(Cl)cc3Cl)cs2)c1. The van der Waals surface area contributed by atoms with Gasteiger partial charge in [0.05, 0.1) is 16.9 Å². The highest BCUT2D eigenvalue weighted by atomic mass is 35.5. The molecule has 0 bridgehead atoms. The van der Waals surface area contributed by atoms with Crippen molar-refractivity contribution in [3.05, 3.63) is 69.3 Å². The average molecular weight is 366 g/mol. The van der Waals surface area contributed by atoms with Gasteiger partial charge in [0.1, 0.15) is 5.82 Å². The van der Waals surface area contributed by atoms with Gasteiger partial charge in [-0.2, -0.15) is 5.10 Å². The van der Waals surface area contributed by atoms with Gasteiger partial charge in [0.2, 0.25) is 5.13 Å². The number of rotatable bonds is 4. The standard InChI is InChI=1S/C16H10Cl2FN3S/c17-11-4-5-13(14(18)7-11)15-9-23-16(21-15)22-20-8-10-2-1-3-12(19)6-10/h1-9H,(H,21,22)/b20-8-. The van der Waals surface area contributed by atoms with Crippen LogP contribution in [0.2, 0.25) is 10.0 Å². The number of halogens is 3. The van der Waals surface area contributed by atoms with Crippen LogP contribution in [0.5, 0.6) is 0 Å². The van der Waals surface area contributed by atoms with Crippen molar-refractivity contribution in [3.8, 4) is 11.3 Å². The second-order valence-corrected chi connectivity index (χ2v) is 6.29. The molecule has 7 heteroatoms. The highest BCUT2D eigenvalue weighted by Gasteiger charge is 2.08. The van der Waals surface area contributed by atoms with E-state index < -0.39 is 0 Å². The van der Waals surface area contributed by atoms with Gasteiger partial charge < -0.3 is 0 Å². The number of hydrogen-bond acceptors (Lipinski definition) is 4. The third-order valence-electron chi connectivity index (χ3n) is 2.93. The number of aromatic nitrogens is 1. The van der Waals surface area contributed by atoms with Gasteiger partial charge in [-0.3, -0.25) is 5.43 Å². The molecule has 23 heavy (non-hydrogen) atoms. The van der Waals surface area contributed by atoms with Crippen LogP contribution < -0.4 is 5.43 Å². The highest BCUT2D eigenvalue weighted by molar-refractivity contribution is 7.14. The maximum Gasteiger partial charge on any atom is 0.203 e. The van der Waals surface area contributed by atoms with Crippen molar-refractivity contribution >= 4 is 45.9 Å². The van der Waals surface area contributed by atoms with Crippen molar-refractivity contribution in [2.24, 2.45) is 5.10 Å². The first kappa shape index (κ1) is 15.9. The predicted molar refractivity (Wildman–Crippen MR) is 95.2 cm³/mol. The van der Waals surface area contributed by atoms with E-state index in [1.165, 1.54) is 29.7 Å². The van der Waals surface area contributed by atoms with E-state index in [1.54, 1.807) is 24.3 Å². The van der Waals surface area contributed by atoms with Gasteiger partial charge in [-0.15, -0.1) is 11.3 Å². The minimum atomic E-state index is -0.303. The van der Waals surface area contributed by atoms with Crippen LogP contribution in [0.25, 0.3) is 11.3 Å². The van der Waals surface area contributed by atoms with Gasteiger partial charge in [-0.05, 0) is 35.9 Å². The van der Waals surface area contributed by atoms with Crippen molar-refractivity contribution in [3.63, 3.8) is 0 Å². The third-order valence-corrected chi connectivity index (χ3v) is 4.23. The van der Waals surface area contributed by atoms with Gasteiger partial charge in [-0.1, -0.05) is 35.3 Å². The zero-order chi connectivity index (χ0) is 16.2. The van der Waals surface area contributed by atoms with Crippen LogP contribution in [0.4, 0.5) is 9.52 Å². The fourth-order valence-corrected chi connectivity index (χ4v) is 3.06. The molecule has 0 spiro atoms. The van der Waals surface area contributed by atoms with Gasteiger partial charge in [0.15, 0.2) is 0 Å². The molecule has 2 aromatic carbocycles. The topological polar surface area (TPSA) is 37.3 Å². The Kier molecular flexibility index (Phi) is 4.91. The minimum absolute atomic E-state index is 0.303. The van der Waals surface area contributed by atoms with Crippen LogP contribution in [0.15, 0.2) is 52.9 Å². The first-order valence-electron chi connectivity index (χ1n) is 6.57. The minimum Gasteiger partial charge on any atom is -0.253 e. The molecule has 0 fully saturated rings. The Balaban J connectivity index is 1.72. The third kappa shape index (κ3) is 4.07. The molecule has 0 aliphatic carbocycles. The highest BCUT2D eigenvalue weighted by Crippen LogP contribution is 2.32. The fourth-order valence-electron chi connectivity index (χ4n) is 1.89. The monoisotopic (exact) mass is 365 g/mol. The molecule has 3 nitrogen and oxygen atoms in total. The van der Waals surface area contributed by atoms with E-state index in [2.05, 4.69) is 15.5 Å². The summed E-state index contributed by atoms with van der Waals surface area (Å²) in [6.07, 6.45) is 1.53. The summed E-state index contributed by atoms with van der Waals surface area (Å²) in [5, 5.41) is 7.64. The molecular formula is C16H10Cl2FN3S. The number of nitrogens with zero attached hydrogens (tertiary/aromatic N) is 2. The molecular weight excluding hydrogens is 356 g/mol. The molecule has 1 heterocycles. The molecule has 0 saturated heterocycles. The van der Waals surface area contributed by atoms with E-state index >= 15 is 0 Å². The average Bonchev–Trinajstić information content (AvgIpc) is 2.96. The molecule has 0 unspecified atom stereocenters. The number of thiazole rings is 1. The van der Waals surface area contributed by atoms with Crippen LogP contribution in [0.1, 0.15) is 5.56 Å². The van der Waals surface area contributed by atoms with Gasteiger partial charge in [-0.25, -0.2) is 9.37 Å². The lowest BCUT2D eigenvalue weighted by atomic mass is 10.2. The normalized spacial score (nSPS) is 11.1. The number of hydrazone groups is 1. The molecule has 3 aromatic rings. The number of hydrogen-bond donors (Lipinski definition) is 1. The second kappa shape index (κ2) is 7.08. The Morgan fingerprint density at radius 2 is 2.04 bits per heavy atom. The quantitative estimate of drug-likeness (QED) is 0.475. The van der Waals surface area contributed by atoms with Crippen LogP contribution in [0.3, 0.4) is 0 Å². The number of anilines is 1. The van der Waals surface area contributed by atoms with E-state index in [4.69, 9.17) is 23.2 Å². The largest absolute Gasteiger partial charge is 0.253 e. The molecule has 1 aromatic heterocycles. The summed E-state index contributed by atoms with van der Waals surface area (Å²) in [7, 11) is 0. The molecule has 116 valence electrons. The molecule has 0 amide bonds. The molecule has 0 aliphatic rings. The molecule has 1 N–H and O–H groups in total. The van der Waals surface area contributed by atoms with Crippen LogP contribution >= 0.6 is 34.5 Å². The summed E-state index contributed by atoms with van der Waals surface area (Å²) in [6.45, 7) is 0. The van der Waals surface area contributed by atoms with Crippen molar-refractivity contribution < 1.29 is 4.39 Å². The Labute approximate surface area is 146 Å². The fraction of sp³-hybridized carbons (Fsp3) is 0. The lowest BCUT2D eigenvalue weighted by molar-refractivity contribution is 0.627. The lowest BCUT2D eigenvalue weighted by Crippen LogP contribution is -1.90. The number of benzene rings is 2. The van der Waals surface area contributed by atoms with E-state index in [0.29, 0.717) is 20.7 Å². The van der Waals surface area contributed by atoms with Gasteiger partial charge in [0.25, 0.3) is 0 Å². The maximum atomic E-state index is 13.1. The molecule has 0 radical (unpaired) electrons. The summed E-state index contributed by atoms with van der Waals surface area (Å²) in [5.41, 5.74) is 5.02. The summed E-state index contributed by atoms with van der Waals surface area (Å²) < 4.78 is 13.1. The maximum absolute atomic E-state index is 13.1. The van der Waals surface area contributed by atoms with Crippen molar-refractivity contribution in [1.29, 1.82) is 0 Å². The van der Waals surface area contributed by atoms with Crippen LogP contribution in [-0.4, -0.2) is 11.2 Å². The predicted octanol–water partition coefficient (Wildman–Crippen LogP) is 5.70. The summed E-state index contributed by atoms with van der Waals surface area (Å²) in [5.74, 6) is -0.303. The van der Waals surface area contributed by atoms with Gasteiger partial charge >= 0.3 is 0 Å². The summed E-state index contributed by atoms with van der Waals surface area (Å²) in [4.78, 5) is 4.41. The second-order valence-electron chi connectivity index (χ2n) is 4.59. The Bertz CT molecular complexity index is 864. The van der Waals surface area contributed by atoms with E-state index in [9.17, 15) is 4.39 Å². The number of nitrogens with one attached hydrogen (secondary N) is 1. The van der Waals surface area contributed by atoms with Crippen molar-refractivity contribution in [2.45, 2.75) is 0 Å². The van der Waals surface area contributed by atoms with E-state index in [1.807, 2.05) is 11.4 Å². The van der Waals surface area contributed by atoms with Crippen molar-refractivity contribution in [2.75, 3.05) is 5.43 Å². The lowest BCUT2D eigenvalue weighted by Gasteiger charge is -2.00. The summed E-state index contributed by atoms with van der Waals surface area (Å²) >= 11 is 13.4. The van der Waals surface area contributed by atoms with E-state index in [0.717, 1.165) is 11.3 Å². The first-order valence-corrected chi connectivity index (χ1v) is 8.21. The summed E-state index contributed by atoms with van der Waals surface area (Å²) in [6, 6.07) is 11.4. The zero-order valence-corrected chi connectivity index (χ0v) is 14.0. The Morgan fingerprint density at radius 3 is 2.83 bits per heavy atom. The smallest absolute Gasteiger partial charge is 0.203 e. The van der Waals surface area contributed by atoms with Crippen LogP contribution in [0, 0.1) is 5.82 Å². The van der Waals surface area contributed by atoms with Crippen molar-refractivity contribution in [1.82, 2.24) is 4.98 Å². The molecule has 0 aliphatic heterocycles.